The van der Waals surface area contributed by atoms with Crippen LogP contribution in [-0.2, 0) is 6.54 Å². The molecule has 1 aromatic carbocycles. The minimum absolute atomic E-state index is 0.186. The molecule has 2 rings (SSSR count). The second-order valence-electron chi connectivity index (χ2n) is 5.41. The number of aromatic nitrogens is 1. The summed E-state index contributed by atoms with van der Waals surface area (Å²) in [6, 6.07) is 11.2. The first kappa shape index (κ1) is 17.0. The summed E-state index contributed by atoms with van der Waals surface area (Å²) in [5.41, 5.74) is 2.38. The zero-order valence-corrected chi connectivity index (χ0v) is 13.3. The van der Waals surface area contributed by atoms with Gasteiger partial charge in [-0.05, 0) is 30.2 Å². The average Bonchev–Trinajstić information content (AvgIpc) is 2.59. The molecule has 0 bridgehead atoms. The van der Waals surface area contributed by atoms with E-state index < -0.39 is 6.10 Å². The molecule has 0 spiro atoms. The normalized spacial score (nSPS) is 11.7. The van der Waals surface area contributed by atoms with Crippen molar-refractivity contribution >= 4 is 11.6 Å². The molecule has 1 heterocycles. The minimum Gasteiger partial charge on any atom is -0.391 e. The van der Waals surface area contributed by atoms with Crippen molar-refractivity contribution in [3.8, 4) is 0 Å². The Hall–Kier alpha value is -2.40. The van der Waals surface area contributed by atoms with E-state index in [4.69, 9.17) is 0 Å². The molecule has 0 aliphatic rings. The number of amides is 1. The molecule has 1 amide bonds. The van der Waals surface area contributed by atoms with Crippen molar-refractivity contribution in [2.24, 2.45) is 0 Å². The fourth-order valence-electron chi connectivity index (χ4n) is 2.28. The molecule has 2 aromatic rings. The number of carbonyl (C=O) groups excluding carboxylic acids is 1. The van der Waals surface area contributed by atoms with Gasteiger partial charge in [0, 0.05) is 31.2 Å². The van der Waals surface area contributed by atoms with Crippen LogP contribution in [0.4, 0.5) is 5.69 Å². The number of hydrogen-bond acceptors (Lipinski definition) is 4. The Bertz CT molecular complexity index is 617. The molecule has 1 aromatic heterocycles. The maximum absolute atomic E-state index is 12.3. The minimum atomic E-state index is -0.500. The van der Waals surface area contributed by atoms with Gasteiger partial charge < -0.3 is 15.7 Å². The van der Waals surface area contributed by atoms with E-state index in [1.54, 1.807) is 18.5 Å². The molecule has 0 saturated heterocycles. The van der Waals surface area contributed by atoms with Gasteiger partial charge in [-0.2, -0.15) is 0 Å². The summed E-state index contributed by atoms with van der Waals surface area (Å²) in [5, 5.41) is 15.8. The molecule has 1 atom stereocenters. The lowest BCUT2D eigenvalue weighted by molar-refractivity contribution is 0.0911. The monoisotopic (exact) mass is 313 g/mol. The number of nitrogens with one attached hydrogen (secondary N) is 2. The number of para-hydroxylation sites is 1. The first-order chi connectivity index (χ1) is 11.2. The zero-order chi connectivity index (χ0) is 16.5. The van der Waals surface area contributed by atoms with E-state index in [0.29, 0.717) is 18.5 Å². The van der Waals surface area contributed by atoms with Crippen molar-refractivity contribution in [3.05, 3.63) is 59.9 Å². The van der Waals surface area contributed by atoms with E-state index in [0.717, 1.165) is 17.7 Å². The highest BCUT2D eigenvalue weighted by Crippen LogP contribution is 2.16. The molecule has 0 fully saturated rings. The molecule has 0 saturated carbocycles. The number of hydrogen-bond donors (Lipinski definition) is 3. The third-order valence-electron chi connectivity index (χ3n) is 3.50. The summed E-state index contributed by atoms with van der Waals surface area (Å²) in [7, 11) is 0. The lowest BCUT2D eigenvalue weighted by Crippen LogP contribution is -2.32. The van der Waals surface area contributed by atoms with E-state index in [-0.39, 0.29) is 12.5 Å². The van der Waals surface area contributed by atoms with Gasteiger partial charge in [-0.1, -0.05) is 31.5 Å². The van der Waals surface area contributed by atoms with Gasteiger partial charge in [0.1, 0.15) is 0 Å². The number of benzene rings is 1. The maximum Gasteiger partial charge on any atom is 0.253 e. The lowest BCUT2D eigenvalue weighted by atomic mass is 10.1. The Morgan fingerprint density at radius 2 is 2.09 bits per heavy atom. The van der Waals surface area contributed by atoms with Gasteiger partial charge in [0.25, 0.3) is 5.91 Å². The standard InChI is InChI=1S/C18H23N3O2/c1-2-6-15(22)13-21-18(23)16-8-3-4-9-17(16)20-12-14-7-5-10-19-11-14/h3-5,7-11,15,20,22H,2,6,12-13H2,1H3,(H,21,23). The van der Waals surface area contributed by atoms with Crippen molar-refractivity contribution in [2.45, 2.75) is 32.4 Å². The van der Waals surface area contributed by atoms with Crippen molar-refractivity contribution in [1.29, 1.82) is 0 Å². The Balaban J connectivity index is 1.97. The molecule has 0 radical (unpaired) electrons. The first-order valence-electron chi connectivity index (χ1n) is 7.88. The quantitative estimate of drug-likeness (QED) is 0.700. The summed E-state index contributed by atoms with van der Waals surface area (Å²) in [6.45, 7) is 2.86. The highest BCUT2D eigenvalue weighted by atomic mass is 16.3. The van der Waals surface area contributed by atoms with Crippen LogP contribution in [0.25, 0.3) is 0 Å². The largest absolute Gasteiger partial charge is 0.391 e. The summed E-state index contributed by atoms with van der Waals surface area (Å²) < 4.78 is 0. The van der Waals surface area contributed by atoms with Crippen molar-refractivity contribution in [2.75, 3.05) is 11.9 Å². The maximum atomic E-state index is 12.3. The van der Waals surface area contributed by atoms with E-state index in [9.17, 15) is 9.90 Å². The summed E-state index contributed by atoms with van der Waals surface area (Å²) in [4.78, 5) is 16.4. The molecule has 0 aliphatic heterocycles. The Labute approximate surface area is 136 Å². The van der Waals surface area contributed by atoms with Crippen LogP contribution in [0, 0.1) is 0 Å². The molecular weight excluding hydrogens is 290 g/mol. The van der Waals surface area contributed by atoms with Crippen molar-refractivity contribution in [3.63, 3.8) is 0 Å². The average molecular weight is 313 g/mol. The lowest BCUT2D eigenvalue weighted by Gasteiger charge is -2.14. The summed E-state index contributed by atoms with van der Waals surface area (Å²) in [5.74, 6) is -0.186. The predicted octanol–water partition coefficient (Wildman–Crippen LogP) is 2.58. The second-order valence-corrected chi connectivity index (χ2v) is 5.41. The van der Waals surface area contributed by atoms with Crippen LogP contribution in [0.5, 0.6) is 0 Å². The fourth-order valence-corrected chi connectivity index (χ4v) is 2.28. The van der Waals surface area contributed by atoms with E-state index in [1.165, 1.54) is 0 Å². The molecular formula is C18H23N3O2. The van der Waals surface area contributed by atoms with Crippen LogP contribution in [0.3, 0.4) is 0 Å². The van der Waals surface area contributed by atoms with E-state index in [1.807, 2.05) is 37.3 Å². The van der Waals surface area contributed by atoms with Crippen molar-refractivity contribution in [1.82, 2.24) is 10.3 Å². The molecule has 3 N–H and O–H groups in total. The SMILES string of the molecule is CCCC(O)CNC(=O)c1ccccc1NCc1cccnc1. The van der Waals surface area contributed by atoms with Gasteiger partial charge in [-0.15, -0.1) is 0 Å². The molecule has 122 valence electrons. The van der Waals surface area contributed by atoms with Crippen LogP contribution in [0.15, 0.2) is 48.8 Å². The Morgan fingerprint density at radius 1 is 1.26 bits per heavy atom. The second kappa shape index (κ2) is 8.90. The van der Waals surface area contributed by atoms with Gasteiger partial charge in [-0.25, -0.2) is 0 Å². The number of carbonyl (C=O) groups is 1. The molecule has 5 nitrogen and oxygen atoms in total. The Kier molecular flexibility index (Phi) is 6.56. The summed E-state index contributed by atoms with van der Waals surface area (Å²) in [6.07, 6.45) is 4.59. The van der Waals surface area contributed by atoms with E-state index >= 15 is 0 Å². The Morgan fingerprint density at radius 3 is 2.83 bits per heavy atom. The molecule has 5 heteroatoms. The molecule has 23 heavy (non-hydrogen) atoms. The fraction of sp³-hybridized carbons (Fsp3) is 0.333. The number of rotatable bonds is 8. The first-order valence-corrected chi connectivity index (χ1v) is 7.88. The number of pyridine rings is 1. The van der Waals surface area contributed by atoms with Gasteiger partial charge in [-0.3, -0.25) is 9.78 Å². The molecule has 1 unspecified atom stereocenters. The van der Waals surface area contributed by atoms with Crippen LogP contribution < -0.4 is 10.6 Å². The predicted molar refractivity (Wildman–Crippen MR) is 91.3 cm³/mol. The number of anilines is 1. The van der Waals surface area contributed by atoms with E-state index in [2.05, 4.69) is 15.6 Å². The van der Waals surface area contributed by atoms with Crippen LogP contribution >= 0.6 is 0 Å². The van der Waals surface area contributed by atoms with Crippen molar-refractivity contribution < 1.29 is 9.90 Å². The molecule has 0 aliphatic carbocycles. The third-order valence-corrected chi connectivity index (χ3v) is 3.50. The number of aliphatic hydroxyl groups is 1. The van der Waals surface area contributed by atoms with Gasteiger partial charge in [0.15, 0.2) is 0 Å². The third kappa shape index (κ3) is 5.38. The van der Waals surface area contributed by atoms with Gasteiger partial charge in [0.2, 0.25) is 0 Å². The van der Waals surface area contributed by atoms with Crippen LogP contribution in [-0.4, -0.2) is 28.6 Å². The van der Waals surface area contributed by atoms with Gasteiger partial charge >= 0.3 is 0 Å². The topological polar surface area (TPSA) is 74.2 Å². The zero-order valence-electron chi connectivity index (χ0n) is 13.3. The highest BCUT2D eigenvalue weighted by molar-refractivity contribution is 5.99. The van der Waals surface area contributed by atoms with Crippen LogP contribution in [0.2, 0.25) is 0 Å². The highest BCUT2D eigenvalue weighted by Gasteiger charge is 2.12. The van der Waals surface area contributed by atoms with Crippen LogP contribution in [0.1, 0.15) is 35.7 Å². The summed E-state index contributed by atoms with van der Waals surface area (Å²) >= 11 is 0. The number of nitrogens with zero attached hydrogens (tertiary/aromatic N) is 1. The smallest absolute Gasteiger partial charge is 0.253 e. The number of aliphatic hydroxyl groups excluding tert-OH is 1. The van der Waals surface area contributed by atoms with Gasteiger partial charge in [0.05, 0.1) is 11.7 Å².